The maximum Gasteiger partial charge on any atom is 0.134 e. The summed E-state index contributed by atoms with van der Waals surface area (Å²) >= 11 is 0. The van der Waals surface area contributed by atoms with Gasteiger partial charge < -0.3 is 4.74 Å². The zero-order valence-electron chi connectivity index (χ0n) is 13.6. The molecule has 0 aromatic heterocycles. The van der Waals surface area contributed by atoms with E-state index in [2.05, 4.69) is 32.2 Å². The van der Waals surface area contributed by atoms with Gasteiger partial charge in [0.25, 0.3) is 0 Å². The molecule has 0 saturated carbocycles. The Morgan fingerprint density at radius 3 is 2.48 bits per heavy atom. The van der Waals surface area contributed by atoms with Gasteiger partial charge in [-0.2, -0.15) is 5.26 Å². The number of benzene rings is 1. The molecule has 1 rings (SSSR count). The van der Waals surface area contributed by atoms with Gasteiger partial charge in [0.05, 0.1) is 6.07 Å². The van der Waals surface area contributed by atoms with Gasteiger partial charge in [-0.05, 0) is 25.8 Å². The highest BCUT2D eigenvalue weighted by atomic mass is 16.5. The van der Waals surface area contributed by atoms with Gasteiger partial charge in [-0.3, -0.25) is 5.32 Å². The molecule has 3 nitrogen and oxygen atoms in total. The van der Waals surface area contributed by atoms with Gasteiger partial charge in [-0.25, -0.2) is 0 Å². The van der Waals surface area contributed by atoms with E-state index in [0.717, 1.165) is 18.6 Å². The predicted molar refractivity (Wildman–Crippen MR) is 87.0 cm³/mol. The van der Waals surface area contributed by atoms with E-state index >= 15 is 0 Å². The third-order valence-corrected chi connectivity index (χ3v) is 3.51. The van der Waals surface area contributed by atoms with Crippen molar-refractivity contribution in [3.8, 4) is 6.07 Å². The first-order valence-corrected chi connectivity index (χ1v) is 7.97. The van der Waals surface area contributed by atoms with Crippen molar-refractivity contribution in [2.24, 2.45) is 0 Å². The van der Waals surface area contributed by atoms with Crippen molar-refractivity contribution in [1.29, 1.82) is 5.26 Å². The Morgan fingerprint density at radius 2 is 1.90 bits per heavy atom. The van der Waals surface area contributed by atoms with Gasteiger partial charge in [0.2, 0.25) is 0 Å². The van der Waals surface area contributed by atoms with E-state index in [1.165, 1.54) is 12.8 Å². The van der Waals surface area contributed by atoms with Crippen LogP contribution in [0.1, 0.15) is 52.0 Å². The summed E-state index contributed by atoms with van der Waals surface area (Å²) in [5.41, 5.74) is 0.346. The first-order valence-electron chi connectivity index (χ1n) is 7.97. The Hall–Kier alpha value is -1.37. The van der Waals surface area contributed by atoms with Gasteiger partial charge in [-0.1, -0.05) is 50.1 Å². The standard InChI is InChI=1S/C18H28N2O/c1-4-5-9-13-21-14-12-18(15-19,20-16(2)3)17-10-7-6-8-11-17/h6-8,10-11,16,20H,4-5,9,12-14H2,1-3H3. The van der Waals surface area contributed by atoms with Crippen molar-refractivity contribution < 1.29 is 4.74 Å². The van der Waals surface area contributed by atoms with Crippen molar-refractivity contribution in [2.45, 2.75) is 58.0 Å². The number of rotatable bonds is 10. The molecule has 116 valence electrons. The third kappa shape index (κ3) is 5.87. The van der Waals surface area contributed by atoms with Crippen LogP contribution in [-0.4, -0.2) is 19.3 Å². The summed E-state index contributed by atoms with van der Waals surface area (Å²) in [6, 6.07) is 12.7. The van der Waals surface area contributed by atoms with E-state index in [9.17, 15) is 5.26 Å². The van der Waals surface area contributed by atoms with Crippen LogP contribution in [0.4, 0.5) is 0 Å². The zero-order valence-corrected chi connectivity index (χ0v) is 13.6. The number of unbranched alkanes of at least 4 members (excludes halogenated alkanes) is 2. The molecular weight excluding hydrogens is 260 g/mol. The number of nitriles is 1. The number of nitrogens with one attached hydrogen (secondary N) is 1. The average molecular weight is 288 g/mol. The molecule has 3 heteroatoms. The smallest absolute Gasteiger partial charge is 0.134 e. The lowest BCUT2D eigenvalue weighted by atomic mass is 9.87. The monoisotopic (exact) mass is 288 g/mol. The molecule has 0 aliphatic carbocycles. The maximum atomic E-state index is 9.75. The minimum absolute atomic E-state index is 0.241. The quantitative estimate of drug-likeness (QED) is 0.662. The van der Waals surface area contributed by atoms with Gasteiger partial charge in [0, 0.05) is 25.7 Å². The van der Waals surface area contributed by atoms with Gasteiger partial charge >= 0.3 is 0 Å². The van der Waals surface area contributed by atoms with Crippen LogP contribution in [0.5, 0.6) is 0 Å². The Morgan fingerprint density at radius 1 is 1.19 bits per heavy atom. The normalized spacial score (nSPS) is 13.9. The minimum atomic E-state index is -0.666. The molecule has 0 saturated heterocycles. The Kier molecular flexibility index (Phi) is 8.04. The fraction of sp³-hybridized carbons (Fsp3) is 0.611. The first-order chi connectivity index (χ1) is 10.1. The van der Waals surface area contributed by atoms with Gasteiger partial charge in [0.15, 0.2) is 0 Å². The van der Waals surface area contributed by atoms with Crippen LogP contribution in [0.2, 0.25) is 0 Å². The fourth-order valence-corrected chi connectivity index (χ4v) is 2.45. The maximum absolute atomic E-state index is 9.75. The molecule has 0 spiro atoms. The predicted octanol–water partition coefficient (Wildman–Crippen LogP) is 4.00. The molecule has 0 heterocycles. The second kappa shape index (κ2) is 9.55. The highest BCUT2D eigenvalue weighted by Gasteiger charge is 2.32. The van der Waals surface area contributed by atoms with Crippen LogP contribution < -0.4 is 5.32 Å². The average Bonchev–Trinajstić information content (AvgIpc) is 2.50. The summed E-state index contributed by atoms with van der Waals surface area (Å²) in [4.78, 5) is 0. The number of ether oxygens (including phenoxy) is 1. The van der Waals surface area contributed by atoms with E-state index in [-0.39, 0.29) is 6.04 Å². The number of hydrogen-bond donors (Lipinski definition) is 1. The molecule has 0 bridgehead atoms. The van der Waals surface area contributed by atoms with Crippen molar-refractivity contribution in [2.75, 3.05) is 13.2 Å². The molecular formula is C18H28N2O. The Bertz CT molecular complexity index is 425. The topological polar surface area (TPSA) is 45.0 Å². The van der Waals surface area contributed by atoms with Crippen LogP contribution in [0.25, 0.3) is 0 Å². The van der Waals surface area contributed by atoms with Gasteiger partial charge in [0.1, 0.15) is 5.54 Å². The lowest BCUT2D eigenvalue weighted by molar-refractivity contribution is 0.110. The third-order valence-electron chi connectivity index (χ3n) is 3.51. The molecule has 0 fully saturated rings. The summed E-state index contributed by atoms with van der Waals surface area (Å²) in [6.45, 7) is 7.70. The Balaban J connectivity index is 2.67. The molecule has 0 amide bonds. The molecule has 1 atom stereocenters. The van der Waals surface area contributed by atoms with Crippen molar-refractivity contribution in [3.05, 3.63) is 35.9 Å². The van der Waals surface area contributed by atoms with E-state index in [1.807, 2.05) is 30.3 Å². The number of nitrogens with zero attached hydrogens (tertiary/aromatic N) is 1. The van der Waals surface area contributed by atoms with E-state index in [4.69, 9.17) is 4.74 Å². The molecule has 0 aliphatic heterocycles. The first kappa shape index (κ1) is 17.7. The molecule has 0 radical (unpaired) electrons. The van der Waals surface area contributed by atoms with Gasteiger partial charge in [-0.15, -0.1) is 0 Å². The summed E-state index contributed by atoms with van der Waals surface area (Å²) in [7, 11) is 0. The summed E-state index contributed by atoms with van der Waals surface area (Å²) in [5, 5.41) is 13.2. The molecule has 1 aromatic carbocycles. The summed E-state index contributed by atoms with van der Waals surface area (Å²) < 4.78 is 5.71. The van der Waals surface area contributed by atoms with Crippen LogP contribution in [0.3, 0.4) is 0 Å². The summed E-state index contributed by atoms with van der Waals surface area (Å²) in [5.74, 6) is 0. The fourth-order valence-electron chi connectivity index (χ4n) is 2.45. The molecule has 21 heavy (non-hydrogen) atoms. The highest BCUT2D eigenvalue weighted by Crippen LogP contribution is 2.25. The molecule has 1 aromatic rings. The van der Waals surface area contributed by atoms with Crippen molar-refractivity contribution >= 4 is 0 Å². The SMILES string of the molecule is CCCCCOCCC(C#N)(NC(C)C)c1ccccc1. The second-order valence-electron chi connectivity index (χ2n) is 5.75. The van der Waals surface area contributed by atoms with Crippen molar-refractivity contribution in [1.82, 2.24) is 5.32 Å². The zero-order chi connectivity index (χ0) is 15.6. The van der Waals surface area contributed by atoms with Crippen LogP contribution >= 0.6 is 0 Å². The lowest BCUT2D eigenvalue weighted by Crippen LogP contribution is -2.45. The molecule has 1 unspecified atom stereocenters. The largest absolute Gasteiger partial charge is 0.381 e. The van der Waals surface area contributed by atoms with Crippen molar-refractivity contribution in [3.63, 3.8) is 0 Å². The van der Waals surface area contributed by atoms with E-state index < -0.39 is 5.54 Å². The van der Waals surface area contributed by atoms with Crippen LogP contribution in [0, 0.1) is 11.3 Å². The number of hydrogen-bond acceptors (Lipinski definition) is 3. The molecule has 1 N–H and O–H groups in total. The second-order valence-corrected chi connectivity index (χ2v) is 5.75. The van der Waals surface area contributed by atoms with E-state index in [1.54, 1.807) is 0 Å². The summed E-state index contributed by atoms with van der Waals surface area (Å²) in [6.07, 6.45) is 4.16. The Labute approximate surface area is 129 Å². The van der Waals surface area contributed by atoms with E-state index in [0.29, 0.717) is 13.0 Å². The highest BCUT2D eigenvalue weighted by molar-refractivity contribution is 5.31. The van der Waals surface area contributed by atoms with Crippen LogP contribution in [-0.2, 0) is 10.3 Å². The van der Waals surface area contributed by atoms with Crippen LogP contribution in [0.15, 0.2) is 30.3 Å². The minimum Gasteiger partial charge on any atom is -0.381 e. The lowest BCUT2D eigenvalue weighted by Gasteiger charge is -2.30. The molecule has 0 aliphatic rings.